The summed E-state index contributed by atoms with van der Waals surface area (Å²) < 4.78 is 41.3. The van der Waals surface area contributed by atoms with E-state index in [0.717, 1.165) is 0 Å². The van der Waals surface area contributed by atoms with Gasteiger partial charge in [-0.2, -0.15) is 0 Å². The van der Waals surface area contributed by atoms with Crippen molar-refractivity contribution >= 4 is 5.69 Å². The maximum absolute atomic E-state index is 14.0. The van der Waals surface area contributed by atoms with Gasteiger partial charge in [0.1, 0.15) is 11.9 Å². The summed E-state index contributed by atoms with van der Waals surface area (Å²) in [5.41, 5.74) is 6.57. The van der Waals surface area contributed by atoms with E-state index in [4.69, 9.17) is 5.73 Å². The van der Waals surface area contributed by atoms with Crippen molar-refractivity contribution in [1.29, 1.82) is 0 Å². The molecular formula is C15H12F3NO. The van der Waals surface area contributed by atoms with E-state index in [1.807, 2.05) is 0 Å². The van der Waals surface area contributed by atoms with Gasteiger partial charge in [-0.15, -0.1) is 0 Å². The predicted molar refractivity (Wildman–Crippen MR) is 69.9 cm³/mol. The van der Waals surface area contributed by atoms with Crippen LogP contribution in [0.2, 0.25) is 0 Å². The number of hydrogen-bond acceptors (Lipinski definition) is 2. The second kappa shape index (κ2) is 4.24. The van der Waals surface area contributed by atoms with Gasteiger partial charge in [0.25, 0.3) is 5.92 Å². The second-order valence-corrected chi connectivity index (χ2v) is 4.92. The number of fused-ring (bicyclic) bond motifs is 1. The van der Waals surface area contributed by atoms with Crippen molar-refractivity contribution in [2.75, 3.05) is 5.73 Å². The summed E-state index contributed by atoms with van der Waals surface area (Å²) in [7, 11) is 0. The number of anilines is 1. The fraction of sp³-hybridized carbons (Fsp3) is 0.200. The summed E-state index contributed by atoms with van der Waals surface area (Å²) >= 11 is 0. The highest BCUT2D eigenvalue weighted by molar-refractivity contribution is 5.80. The second-order valence-electron chi connectivity index (χ2n) is 4.92. The normalized spacial score (nSPS) is 19.9. The molecule has 5 heteroatoms. The lowest BCUT2D eigenvalue weighted by Gasteiger charge is -2.17. The van der Waals surface area contributed by atoms with Crippen LogP contribution in [0.4, 0.5) is 18.9 Å². The lowest BCUT2D eigenvalue weighted by molar-refractivity contribution is -0.0966. The number of hydrogen-bond donors (Lipinski definition) is 2. The summed E-state index contributed by atoms with van der Waals surface area (Å²) in [4.78, 5) is 0. The number of rotatable bonds is 1. The first-order chi connectivity index (χ1) is 9.42. The Bertz CT molecular complexity index is 665. The van der Waals surface area contributed by atoms with Gasteiger partial charge in [-0.1, -0.05) is 24.3 Å². The monoisotopic (exact) mass is 279 g/mol. The number of benzene rings is 2. The number of alkyl halides is 2. The van der Waals surface area contributed by atoms with Gasteiger partial charge >= 0.3 is 0 Å². The minimum atomic E-state index is -3.24. The molecule has 0 aliphatic heterocycles. The van der Waals surface area contributed by atoms with Crippen molar-refractivity contribution in [2.45, 2.75) is 18.4 Å². The molecule has 2 aromatic carbocycles. The Kier molecular flexibility index (Phi) is 2.76. The van der Waals surface area contributed by atoms with Crippen LogP contribution in [0, 0.1) is 5.82 Å². The molecule has 1 atom stereocenters. The summed E-state index contributed by atoms with van der Waals surface area (Å²) in [6.07, 6.45) is -2.49. The van der Waals surface area contributed by atoms with Gasteiger partial charge in [0.15, 0.2) is 0 Å². The van der Waals surface area contributed by atoms with E-state index in [1.54, 1.807) is 6.07 Å². The van der Waals surface area contributed by atoms with E-state index in [0.29, 0.717) is 5.56 Å². The van der Waals surface area contributed by atoms with Crippen LogP contribution >= 0.6 is 0 Å². The molecule has 20 heavy (non-hydrogen) atoms. The first-order valence-electron chi connectivity index (χ1n) is 6.14. The Balaban J connectivity index is 2.27. The van der Waals surface area contributed by atoms with Gasteiger partial charge in [-0.05, 0) is 28.8 Å². The van der Waals surface area contributed by atoms with Crippen molar-refractivity contribution < 1.29 is 18.3 Å². The minimum Gasteiger partial charge on any atom is -0.398 e. The Labute approximate surface area is 113 Å². The third-order valence-corrected chi connectivity index (χ3v) is 3.61. The molecule has 1 aliphatic carbocycles. The summed E-state index contributed by atoms with van der Waals surface area (Å²) in [6, 6.07) is 8.73. The SMILES string of the molecule is Nc1cccc(F)c1-c1cccc2c1C(O)C(F)(F)C2. The van der Waals surface area contributed by atoms with Gasteiger partial charge in [0.2, 0.25) is 0 Å². The number of nitrogens with two attached hydrogens (primary N) is 1. The third-order valence-electron chi connectivity index (χ3n) is 3.61. The van der Waals surface area contributed by atoms with E-state index < -0.39 is 24.3 Å². The molecule has 0 heterocycles. The van der Waals surface area contributed by atoms with Crippen LogP contribution < -0.4 is 5.73 Å². The smallest absolute Gasteiger partial charge is 0.281 e. The van der Waals surface area contributed by atoms with Gasteiger partial charge in [0.05, 0.1) is 0 Å². The van der Waals surface area contributed by atoms with Crippen molar-refractivity contribution in [3.8, 4) is 11.1 Å². The third kappa shape index (κ3) is 1.78. The highest BCUT2D eigenvalue weighted by atomic mass is 19.3. The molecular weight excluding hydrogens is 267 g/mol. The van der Waals surface area contributed by atoms with Crippen LogP contribution in [-0.4, -0.2) is 11.0 Å². The molecule has 0 amide bonds. The Morgan fingerprint density at radius 1 is 1.15 bits per heavy atom. The summed E-state index contributed by atoms with van der Waals surface area (Å²) in [5, 5.41) is 9.82. The maximum atomic E-state index is 14.0. The van der Waals surface area contributed by atoms with Crippen LogP contribution in [0.3, 0.4) is 0 Å². The zero-order valence-electron chi connectivity index (χ0n) is 10.4. The molecule has 1 aliphatic rings. The number of aliphatic hydroxyl groups excluding tert-OH is 1. The molecule has 104 valence electrons. The zero-order valence-corrected chi connectivity index (χ0v) is 10.4. The van der Waals surface area contributed by atoms with Gasteiger partial charge < -0.3 is 10.8 Å². The number of halogens is 3. The fourth-order valence-electron chi connectivity index (χ4n) is 2.69. The van der Waals surface area contributed by atoms with E-state index in [1.165, 1.54) is 30.3 Å². The molecule has 0 bridgehead atoms. The lowest BCUT2D eigenvalue weighted by atomic mass is 9.94. The van der Waals surface area contributed by atoms with Crippen molar-refractivity contribution in [2.24, 2.45) is 0 Å². The largest absolute Gasteiger partial charge is 0.398 e. The minimum absolute atomic E-state index is 0.0566. The number of nitrogen functional groups attached to an aromatic ring is 1. The molecule has 1 unspecified atom stereocenters. The van der Waals surface area contributed by atoms with Crippen molar-refractivity contribution in [3.05, 3.63) is 53.3 Å². The van der Waals surface area contributed by atoms with Crippen molar-refractivity contribution in [3.63, 3.8) is 0 Å². The first-order valence-corrected chi connectivity index (χ1v) is 6.14. The van der Waals surface area contributed by atoms with Crippen LogP contribution in [0.15, 0.2) is 36.4 Å². The average molecular weight is 279 g/mol. The summed E-state index contributed by atoms with van der Waals surface area (Å²) in [5.74, 6) is -3.83. The molecule has 0 aromatic heterocycles. The van der Waals surface area contributed by atoms with E-state index in [2.05, 4.69) is 0 Å². The molecule has 3 N–H and O–H groups in total. The molecule has 0 spiro atoms. The molecule has 0 fully saturated rings. The molecule has 3 rings (SSSR count). The Morgan fingerprint density at radius 2 is 1.85 bits per heavy atom. The van der Waals surface area contributed by atoms with Gasteiger partial charge in [0, 0.05) is 17.7 Å². The topological polar surface area (TPSA) is 46.2 Å². The number of aliphatic hydroxyl groups is 1. The zero-order chi connectivity index (χ0) is 14.5. The van der Waals surface area contributed by atoms with E-state index >= 15 is 0 Å². The van der Waals surface area contributed by atoms with Crippen LogP contribution in [0.5, 0.6) is 0 Å². The molecule has 0 radical (unpaired) electrons. The molecule has 0 saturated heterocycles. The van der Waals surface area contributed by atoms with E-state index in [9.17, 15) is 18.3 Å². The predicted octanol–water partition coefficient (Wildman–Crippen LogP) is 3.30. The lowest BCUT2D eigenvalue weighted by Crippen LogP contribution is -2.21. The van der Waals surface area contributed by atoms with Gasteiger partial charge in [-0.25, -0.2) is 13.2 Å². The van der Waals surface area contributed by atoms with Crippen molar-refractivity contribution in [1.82, 2.24) is 0 Å². The van der Waals surface area contributed by atoms with Crippen LogP contribution in [0.1, 0.15) is 17.2 Å². The standard InChI is InChI=1S/C15H12F3NO/c16-10-5-2-6-11(19)13(10)9-4-1-3-8-7-15(17,18)14(20)12(8)9/h1-6,14,20H,7,19H2. The molecule has 0 saturated carbocycles. The van der Waals surface area contributed by atoms with E-state index in [-0.39, 0.29) is 22.4 Å². The fourth-order valence-corrected chi connectivity index (χ4v) is 2.69. The van der Waals surface area contributed by atoms with Crippen LogP contribution in [0.25, 0.3) is 11.1 Å². The summed E-state index contributed by atoms with van der Waals surface area (Å²) in [6.45, 7) is 0. The maximum Gasteiger partial charge on any atom is 0.281 e. The average Bonchev–Trinajstić information content (AvgIpc) is 2.60. The van der Waals surface area contributed by atoms with Crippen LogP contribution in [-0.2, 0) is 6.42 Å². The highest BCUT2D eigenvalue weighted by Gasteiger charge is 2.48. The quantitative estimate of drug-likeness (QED) is 0.787. The highest BCUT2D eigenvalue weighted by Crippen LogP contribution is 2.48. The Morgan fingerprint density at radius 3 is 2.55 bits per heavy atom. The van der Waals surface area contributed by atoms with Gasteiger partial charge in [-0.3, -0.25) is 0 Å². The Hall–Kier alpha value is -2.01. The molecule has 2 aromatic rings. The molecule has 2 nitrogen and oxygen atoms in total. The first kappa shape index (κ1) is 13.0.